The molecule has 3 N–H and O–H groups in total. The normalized spacial score (nSPS) is 14.6. The van der Waals surface area contributed by atoms with Crippen molar-refractivity contribution in [3.8, 4) is 0 Å². The molecule has 0 radical (unpaired) electrons. The Bertz CT molecular complexity index is 2290. The van der Waals surface area contributed by atoms with Gasteiger partial charge < -0.3 is 33.8 Å². The number of phosphoric ester groups is 2. The molecule has 0 amide bonds. The summed E-state index contributed by atoms with van der Waals surface area (Å²) in [6.45, 7) is 4.56. The molecular formula is C79H136O17P2. The van der Waals surface area contributed by atoms with Crippen LogP contribution in [0, 0.1) is 0 Å². The maximum atomic E-state index is 13.1. The molecule has 0 aliphatic rings. The molecule has 0 bridgehead atoms. The van der Waals surface area contributed by atoms with E-state index in [-0.39, 0.29) is 25.7 Å². The highest BCUT2D eigenvalue weighted by Crippen LogP contribution is 2.45. The molecule has 5 atom stereocenters. The molecule has 17 nitrogen and oxygen atoms in total. The molecule has 0 rings (SSSR count). The number of hydrogen-bond acceptors (Lipinski definition) is 15. The van der Waals surface area contributed by atoms with Gasteiger partial charge in [-0.1, -0.05) is 253 Å². The predicted molar refractivity (Wildman–Crippen MR) is 399 cm³/mol. The summed E-state index contributed by atoms with van der Waals surface area (Å²) in [5.74, 6) is -2.24. The Kier molecular flexibility index (Phi) is 68.0. The van der Waals surface area contributed by atoms with Crippen LogP contribution in [-0.2, 0) is 65.4 Å². The number of esters is 4. The van der Waals surface area contributed by atoms with Crippen LogP contribution in [0.15, 0.2) is 109 Å². The van der Waals surface area contributed by atoms with Crippen LogP contribution < -0.4 is 0 Å². The van der Waals surface area contributed by atoms with E-state index in [4.69, 9.17) is 37.0 Å². The highest BCUT2D eigenvalue weighted by atomic mass is 31.2. The minimum atomic E-state index is -4.98. The van der Waals surface area contributed by atoms with Crippen LogP contribution in [0.3, 0.4) is 0 Å². The largest absolute Gasteiger partial charge is 0.472 e. The van der Waals surface area contributed by atoms with Crippen LogP contribution in [-0.4, -0.2) is 96.7 Å². The van der Waals surface area contributed by atoms with Crippen molar-refractivity contribution in [2.45, 2.75) is 329 Å². The number of hydrogen-bond donors (Lipinski definition) is 3. The Morgan fingerprint density at radius 3 is 0.867 bits per heavy atom. The van der Waals surface area contributed by atoms with E-state index < -0.39 is 97.5 Å². The third-order valence-electron chi connectivity index (χ3n) is 15.7. The number of carbonyl (C=O) groups is 4. The van der Waals surface area contributed by atoms with E-state index in [1.54, 1.807) is 0 Å². The Labute approximate surface area is 594 Å². The molecule has 5 unspecified atom stereocenters. The molecule has 0 spiro atoms. The first-order chi connectivity index (χ1) is 47.7. The zero-order valence-corrected chi connectivity index (χ0v) is 63.2. The van der Waals surface area contributed by atoms with Gasteiger partial charge in [-0.05, 0) is 141 Å². The van der Waals surface area contributed by atoms with Crippen LogP contribution in [0.5, 0.6) is 0 Å². The molecule has 0 aromatic heterocycles. The van der Waals surface area contributed by atoms with E-state index in [0.29, 0.717) is 25.7 Å². The molecule has 0 heterocycles. The van der Waals surface area contributed by atoms with Crippen LogP contribution in [0.4, 0.5) is 0 Å². The molecule has 19 heteroatoms. The van der Waals surface area contributed by atoms with Crippen LogP contribution in [0.25, 0.3) is 0 Å². The van der Waals surface area contributed by atoms with E-state index in [2.05, 4.69) is 137 Å². The van der Waals surface area contributed by atoms with Crippen molar-refractivity contribution in [2.24, 2.45) is 0 Å². The van der Waals surface area contributed by atoms with Crippen molar-refractivity contribution in [1.29, 1.82) is 0 Å². The third kappa shape index (κ3) is 70.2. The van der Waals surface area contributed by atoms with Gasteiger partial charge in [0.1, 0.15) is 19.3 Å². The van der Waals surface area contributed by atoms with Crippen LogP contribution in [0.1, 0.15) is 310 Å². The van der Waals surface area contributed by atoms with E-state index in [1.165, 1.54) is 38.5 Å². The lowest BCUT2D eigenvalue weighted by molar-refractivity contribution is -0.161. The molecule has 0 aliphatic carbocycles. The Morgan fingerprint density at radius 1 is 0.296 bits per heavy atom. The minimum absolute atomic E-state index is 0.0712. The zero-order chi connectivity index (χ0) is 71.8. The fraction of sp³-hybridized carbons (Fsp3) is 0.722. The van der Waals surface area contributed by atoms with Crippen molar-refractivity contribution in [3.05, 3.63) is 109 Å². The first-order valence-corrected chi connectivity index (χ1v) is 41.1. The van der Waals surface area contributed by atoms with Gasteiger partial charge in [0.25, 0.3) is 0 Å². The van der Waals surface area contributed by atoms with Gasteiger partial charge in [-0.3, -0.25) is 37.3 Å². The second kappa shape index (κ2) is 71.1. The predicted octanol–water partition coefficient (Wildman–Crippen LogP) is 21.8. The van der Waals surface area contributed by atoms with Gasteiger partial charge in [-0.15, -0.1) is 0 Å². The Morgan fingerprint density at radius 2 is 0.551 bits per heavy atom. The van der Waals surface area contributed by atoms with Gasteiger partial charge in [0, 0.05) is 25.7 Å². The molecule has 0 aromatic rings. The second-order valence-corrected chi connectivity index (χ2v) is 28.1. The van der Waals surface area contributed by atoms with Crippen molar-refractivity contribution < 1.29 is 80.2 Å². The van der Waals surface area contributed by atoms with E-state index >= 15 is 0 Å². The number of carbonyl (C=O) groups excluding carboxylic acids is 4. The highest BCUT2D eigenvalue weighted by molar-refractivity contribution is 7.47. The summed E-state index contributed by atoms with van der Waals surface area (Å²) in [7, 11) is -9.96. The van der Waals surface area contributed by atoms with Crippen molar-refractivity contribution in [1.82, 2.24) is 0 Å². The number of unbranched alkanes of at least 4 members (excludes halogenated alkanes) is 27. The topological polar surface area (TPSA) is 237 Å². The highest BCUT2D eigenvalue weighted by Gasteiger charge is 2.30. The number of phosphoric acid groups is 2. The van der Waals surface area contributed by atoms with Gasteiger partial charge >= 0.3 is 39.5 Å². The van der Waals surface area contributed by atoms with Crippen molar-refractivity contribution in [2.75, 3.05) is 39.6 Å². The molecule has 0 aliphatic heterocycles. The first-order valence-electron chi connectivity index (χ1n) is 38.1. The van der Waals surface area contributed by atoms with Gasteiger partial charge in [-0.25, -0.2) is 9.13 Å². The standard InChI is InChI=1S/C79H136O17P2/c1-5-9-13-17-21-25-29-33-35-36-38-42-44-48-52-56-60-64-77(82)90-70-75(96-79(84)66-62-58-54-50-46-40-32-28-24-20-16-12-8-4)72-94-98(87,88)92-68-73(80)67-91-97(85,86)93-71-74(95-78(83)65-61-57-53-49-45-39-31-27-23-19-15-11-7-3)69-89-76(81)63-59-55-51-47-43-41-37-34-30-26-22-18-14-10-6-2/h9,13,15-16,19-21,25,27-28,31-35,37-38,42,73-75,80H,5-8,10-12,14,17-18,22-24,26,29-30,36,39-41,43-72H2,1-4H3,(H,85,86)(H,87,88)/b13-9-,19-15-,20-16-,25-21-,31-27-,32-28-,35-33-,37-34-,42-38-. The maximum Gasteiger partial charge on any atom is 0.472 e. The Balaban J connectivity index is 5.37. The van der Waals surface area contributed by atoms with Crippen LogP contribution >= 0.6 is 15.6 Å². The van der Waals surface area contributed by atoms with E-state index in [1.807, 2.05) is 0 Å². The number of aliphatic hydroxyl groups is 1. The SMILES string of the molecule is CC/C=C\C/C=C\C/C=C\C/C=C\CCCCCCC(=O)OCC(COP(=O)(O)OCC(O)COP(=O)(O)OCC(COC(=O)CCCCCCC/C=C\CCCCCCCC)OC(=O)CCCCCCC/C=C\C/C=C\CCC)OC(=O)CCCCCCC/C=C\C/C=C\CCC. The first kappa shape index (κ1) is 93.7. The summed E-state index contributed by atoms with van der Waals surface area (Å²) >= 11 is 0. The monoisotopic (exact) mass is 1420 g/mol. The summed E-state index contributed by atoms with van der Waals surface area (Å²) in [5, 5.41) is 10.6. The third-order valence-corrected chi connectivity index (χ3v) is 17.6. The molecule has 0 aromatic carbocycles. The fourth-order valence-corrected chi connectivity index (χ4v) is 11.4. The summed E-state index contributed by atoms with van der Waals surface area (Å²) in [4.78, 5) is 72.8. The van der Waals surface area contributed by atoms with Gasteiger partial charge in [0.05, 0.1) is 26.4 Å². The average molecular weight is 1420 g/mol. The summed E-state index contributed by atoms with van der Waals surface area (Å²) in [5.41, 5.74) is 0. The number of ether oxygens (including phenoxy) is 4. The number of rotatable bonds is 71. The van der Waals surface area contributed by atoms with Crippen molar-refractivity contribution >= 4 is 39.5 Å². The van der Waals surface area contributed by atoms with Gasteiger partial charge in [0.15, 0.2) is 12.2 Å². The molecule has 0 saturated heterocycles. The molecular weight excluding hydrogens is 1280 g/mol. The molecule has 0 fully saturated rings. The molecule has 0 saturated carbocycles. The summed E-state index contributed by atoms with van der Waals surface area (Å²) < 4.78 is 68.4. The Hall–Kier alpha value is -4.28. The van der Waals surface area contributed by atoms with Crippen LogP contribution in [0.2, 0.25) is 0 Å². The number of allylic oxidation sites excluding steroid dienone is 18. The zero-order valence-electron chi connectivity index (χ0n) is 61.4. The van der Waals surface area contributed by atoms with Crippen molar-refractivity contribution in [3.63, 3.8) is 0 Å². The molecule has 564 valence electrons. The smallest absolute Gasteiger partial charge is 0.462 e. The average Bonchev–Trinajstić information content (AvgIpc) is 0.969. The quantitative estimate of drug-likeness (QED) is 0.0169. The molecule has 98 heavy (non-hydrogen) atoms. The maximum absolute atomic E-state index is 13.1. The lowest BCUT2D eigenvalue weighted by atomic mass is 10.1. The van der Waals surface area contributed by atoms with Gasteiger partial charge in [-0.2, -0.15) is 0 Å². The lowest BCUT2D eigenvalue weighted by Gasteiger charge is -2.21. The van der Waals surface area contributed by atoms with E-state index in [9.17, 15) is 43.2 Å². The van der Waals surface area contributed by atoms with E-state index in [0.717, 1.165) is 193 Å². The van der Waals surface area contributed by atoms with Gasteiger partial charge in [0.2, 0.25) is 0 Å². The number of aliphatic hydroxyl groups excluding tert-OH is 1. The summed E-state index contributed by atoms with van der Waals surface area (Å²) in [6, 6.07) is 0. The summed E-state index contributed by atoms with van der Waals surface area (Å²) in [6.07, 6.45) is 75.1. The second-order valence-electron chi connectivity index (χ2n) is 25.2. The lowest BCUT2D eigenvalue weighted by Crippen LogP contribution is -2.30. The fourth-order valence-electron chi connectivity index (χ4n) is 9.87. The minimum Gasteiger partial charge on any atom is -0.462 e.